The van der Waals surface area contributed by atoms with E-state index < -0.39 is 16.1 Å². The summed E-state index contributed by atoms with van der Waals surface area (Å²) in [5.74, 6) is 0. The third kappa shape index (κ3) is 5.18. The number of anilines is 1. The number of carbonyl (C=O) groups is 1. The summed E-state index contributed by atoms with van der Waals surface area (Å²) in [4.78, 5) is 15.3. The zero-order valence-electron chi connectivity index (χ0n) is 16.0. The van der Waals surface area contributed by atoms with Gasteiger partial charge in [-0.1, -0.05) is 0 Å². The lowest BCUT2D eigenvalue weighted by atomic mass is 10.2. The van der Waals surface area contributed by atoms with Gasteiger partial charge in [0.25, 0.3) is 0 Å². The van der Waals surface area contributed by atoms with Crippen molar-refractivity contribution in [1.29, 1.82) is 0 Å². The first-order valence-corrected chi connectivity index (χ1v) is 10.3. The van der Waals surface area contributed by atoms with Crippen LogP contribution in [0.1, 0.15) is 5.69 Å². The van der Waals surface area contributed by atoms with Gasteiger partial charge in [0.15, 0.2) is 0 Å². The van der Waals surface area contributed by atoms with Crippen molar-refractivity contribution >= 4 is 21.8 Å². The predicted octanol–water partition coefficient (Wildman–Crippen LogP) is 2.41. The van der Waals surface area contributed by atoms with Crippen molar-refractivity contribution in [2.45, 2.75) is 18.4 Å². The van der Waals surface area contributed by atoms with Gasteiger partial charge in [-0.05, 0) is 49.4 Å². The monoisotopic (exact) mass is 415 g/mol. The van der Waals surface area contributed by atoms with E-state index in [2.05, 4.69) is 24.9 Å². The van der Waals surface area contributed by atoms with Crippen molar-refractivity contribution in [3.05, 3.63) is 60.6 Å². The Kier molecular flexibility index (Phi) is 6.25. The van der Waals surface area contributed by atoms with Gasteiger partial charge in [0.05, 0.1) is 24.2 Å². The summed E-state index contributed by atoms with van der Waals surface area (Å²) < 4.78 is 33.7. The van der Waals surface area contributed by atoms with E-state index in [-0.39, 0.29) is 11.4 Å². The van der Waals surface area contributed by atoms with Crippen LogP contribution in [-0.2, 0) is 21.3 Å². The van der Waals surface area contributed by atoms with Crippen LogP contribution in [0.5, 0.6) is 0 Å². The normalized spacial score (nSPS) is 11.2. The van der Waals surface area contributed by atoms with E-state index in [0.717, 1.165) is 17.0 Å². The molecule has 9 nitrogen and oxygen atoms in total. The molecule has 0 unspecified atom stereocenters. The van der Waals surface area contributed by atoms with E-state index in [1.807, 2.05) is 25.1 Å². The highest BCUT2D eigenvalue weighted by Gasteiger charge is 2.14. The van der Waals surface area contributed by atoms with Crippen LogP contribution in [0.15, 0.2) is 59.8 Å². The second-order valence-corrected chi connectivity index (χ2v) is 7.94. The molecular weight excluding hydrogens is 394 g/mol. The molecule has 2 N–H and O–H groups in total. The second-order valence-electron chi connectivity index (χ2n) is 6.17. The minimum Gasteiger partial charge on any atom is -0.453 e. The van der Waals surface area contributed by atoms with Gasteiger partial charge < -0.3 is 4.74 Å². The lowest BCUT2D eigenvalue weighted by Gasteiger charge is -2.09. The Morgan fingerprint density at radius 3 is 2.48 bits per heavy atom. The van der Waals surface area contributed by atoms with E-state index >= 15 is 0 Å². The molecule has 0 fully saturated rings. The summed E-state index contributed by atoms with van der Waals surface area (Å²) in [5, 5.41) is 6.99. The Balaban J connectivity index is 1.61. The van der Waals surface area contributed by atoms with Crippen molar-refractivity contribution in [2.75, 3.05) is 19.0 Å². The van der Waals surface area contributed by atoms with E-state index in [9.17, 15) is 13.2 Å². The molecule has 1 aromatic carbocycles. The number of pyridine rings is 1. The number of methoxy groups -OCH3 is 1. The highest BCUT2D eigenvalue weighted by Crippen LogP contribution is 2.18. The molecule has 0 aliphatic rings. The number of nitrogens with one attached hydrogen (secondary N) is 2. The maximum absolute atomic E-state index is 12.5. The predicted molar refractivity (Wildman–Crippen MR) is 108 cm³/mol. The van der Waals surface area contributed by atoms with Crippen LogP contribution in [0.2, 0.25) is 0 Å². The molecule has 0 spiro atoms. The Morgan fingerprint density at radius 1 is 1.14 bits per heavy atom. The molecule has 3 aromatic rings. The standard InChI is InChI=1S/C19H21N5O4S/c1-14-13-18(15-7-9-20-10-8-15)23-24(14)12-11-21-29(26,27)17-5-3-16(4-6-17)22-19(25)28-2/h3-10,13,21H,11-12H2,1-2H3,(H,22,25). The Bertz CT molecular complexity index is 1080. The van der Waals surface area contributed by atoms with Crippen molar-refractivity contribution in [2.24, 2.45) is 0 Å². The number of aromatic nitrogens is 3. The highest BCUT2D eigenvalue weighted by atomic mass is 32.2. The highest BCUT2D eigenvalue weighted by molar-refractivity contribution is 7.89. The van der Waals surface area contributed by atoms with Crippen LogP contribution in [0.25, 0.3) is 11.3 Å². The van der Waals surface area contributed by atoms with E-state index in [1.165, 1.54) is 31.4 Å². The molecule has 10 heteroatoms. The van der Waals surface area contributed by atoms with Crippen LogP contribution in [0, 0.1) is 6.92 Å². The molecule has 0 bridgehead atoms. The topological polar surface area (TPSA) is 115 Å². The summed E-state index contributed by atoms with van der Waals surface area (Å²) in [6.07, 6.45) is 2.77. The smallest absolute Gasteiger partial charge is 0.411 e. The molecule has 3 rings (SSSR count). The lowest BCUT2D eigenvalue weighted by Crippen LogP contribution is -2.28. The maximum Gasteiger partial charge on any atom is 0.411 e. The first-order valence-electron chi connectivity index (χ1n) is 8.78. The average molecular weight is 415 g/mol. The van der Waals surface area contributed by atoms with Gasteiger partial charge in [-0.3, -0.25) is 15.0 Å². The Labute approximate surface area is 168 Å². The summed E-state index contributed by atoms with van der Waals surface area (Å²) >= 11 is 0. The molecule has 1 amide bonds. The van der Waals surface area contributed by atoms with Gasteiger partial charge in [0, 0.05) is 35.9 Å². The summed E-state index contributed by atoms with van der Waals surface area (Å²) in [6, 6.07) is 11.5. The van der Waals surface area contributed by atoms with Gasteiger partial charge in [0.2, 0.25) is 10.0 Å². The third-order valence-electron chi connectivity index (χ3n) is 4.17. The molecule has 2 aromatic heterocycles. The van der Waals surface area contributed by atoms with Crippen molar-refractivity contribution in [3.63, 3.8) is 0 Å². The van der Waals surface area contributed by atoms with E-state index in [1.54, 1.807) is 17.1 Å². The molecule has 2 heterocycles. The van der Waals surface area contributed by atoms with Crippen LogP contribution < -0.4 is 10.0 Å². The number of hydrogen-bond donors (Lipinski definition) is 2. The molecular formula is C19H21N5O4S. The van der Waals surface area contributed by atoms with Crippen molar-refractivity contribution in [3.8, 4) is 11.3 Å². The van der Waals surface area contributed by atoms with Gasteiger partial charge in [0.1, 0.15) is 0 Å². The van der Waals surface area contributed by atoms with Crippen LogP contribution in [0.3, 0.4) is 0 Å². The molecule has 29 heavy (non-hydrogen) atoms. The van der Waals surface area contributed by atoms with Gasteiger partial charge in [-0.15, -0.1) is 0 Å². The summed E-state index contributed by atoms with van der Waals surface area (Å²) in [7, 11) is -2.43. The lowest BCUT2D eigenvalue weighted by molar-refractivity contribution is 0.187. The summed E-state index contributed by atoms with van der Waals surface area (Å²) in [5.41, 5.74) is 3.12. The van der Waals surface area contributed by atoms with E-state index in [0.29, 0.717) is 12.2 Å². The number of hydrogen-bond acceptors (Lipinski definition) is 6. The maximum atomic E-state index is 12.5. The molecule has 0 aliphatic heterocycles. The van der Waals surface area contributed by atoms with Crippen molar-refractivity contribution in [1.82, 2.24) is 19.5 Å². The molecule has 0 atom stereocenters. The molecule has 152 valence electrons. The number of aryl methyl sites for hydroxylation is 1. The number of rotatable bonds is 7. The fourth-order valence-electron chi connectivity index (χ4n) is 2.66. The molecule has 0 aliphatic carbocycles. The molecule has 0 saturated carbocycles. The van der Waals surface area contributed by atoms with Gasteiger partial charge in [-0.2, -0.15) is 5.10 Å². The van der Waals surface area contributed by atoms with Crippen LogP contribution in [-0.4, -0.2) is 42.9 Å². The Hall–Kier alpha value is -3.24. The zero-order valence-corrected chi connectivity index (χ0v) is 16.8. The number of ether oxygens (including phenoxy) is 1. The third-order valence-corrected chi connectivity index (χ3v) is 5.65. The number of amides is 1. The number of sulfonamides is 1. The quantitative estimate of drug-likeness (QED) is 0.612. The number of benzene rings is 1. The number of nitrogens with zero attached hydrogens (tertiary/aromatic N) is 3. The second kappa shape index (κ2) is 8.84. The fourth-order valence-corrected chi connectivity index (χ4v) is 3.68. The minimum atomic E-state index is -3.68. The minimum absolute atomic E-state index is 0.0996. The molecule has 0 radical (unpaired) electrons. The van der Waals surface area contributed by atoms with Crippen LogP contribution >= 0.6 is 0 Å². The number of carbonyl (C=O) groups excluding carboxylic acids is 1. The molecule has 0 saturated heterocycles. The first-order chi connectivity index (χ1) is 13.9. The van der Waals surface area contributed by atoms with E-state index in [4.69, 9.17) is 0 Å². The Morgan fingerprint density at radius 2 is 1.83 bits per heavy atom. The van der Waals surface area contributed by atoms with Crippen molar-refractivity contribution < 1.29 is 17.9 Å². The van der Waals surface area contributed by atoms with Gasteiger partial charge >= 0.3 is 6.09 Å². The van der Waals surface area contributed by atoms with Gasteiger partial charge in [-0.25, -0.2) is 17.9 Å². The zero-order chi connectivity index (χ0) is 20.9. The first kappa shape index (κ1) is 20.5. The fraction of sp³-hybridized carbons (Fsp3) is 0.211. The largest absolute Gasteiger partial charge is 0.453 e. The average Bonchev–Trinajstić information content (AvgIpc) is 3.09. The summed E-state index contributed by atoms with van der Waals surface area (Å²) in [6.45, 7) is 2.49. The van der Waals surface area contributed by atoms with Crippen LogP contribution in [0.4, 0.5) is 10.5 Å². The SMILES string of the molecule is COC(=O)Nc1ccc(S(=O)(=O)NCCn2nc(-c3ccncc3)cc2C)cc1.